The molecule has 0 fully saturated rings. The molecule has 1 aromatic carbocycles. The molecule has 172 valence electrons. The molecule has 0 saturated carbocycles. The highest BCUT2D eigenvalue weighted by Crippen LogP contribution is 2.25. The third-order valence-electron chi connectivity index (χ3n) is 6.09. The minimum absolute atomic E-state index is 0.0892. The standard InChI is InChI=1S/C28H48O2/c1-5-6-7-8-9-10-11-12-13-14-15-16-17-18-19-20-28(29)30-27-23-26(24(2)3)22-21-25(27)4/h21-24H,5-20H2,1-4H3. The predicted octanol–water partition coefficient (Wildman–Crippen LogP) is 9.29. The lowest BCUT2D eigenvalue weighted by atomic mass is 10.0. The number of rotatable bonds is 18. The molecule has 2 heteroatoms. The molecule has 0 heterocycles. The summed E-state index contributed by atoms with van der Waals surface area (Å²) in [5.41, 5.74) is 2.25. The van der Waals surface area contributed by atoms with Crippen molar-refractivity contribution in [2.45, 2.75) is 136 Å². The van der Waals surface area contributed by atoms with Crippen LogP contribution in [-0.2, 0) is 4.79 Å². The van der Waals surface area contributed by atoms with E-state index in [2.05, 4.69) is 26.8 Å². The van der Waals surface area contributed by atoms with Crippen molar-refractivity contribution in [1.29, 1.82) is 0 Å². The molecule has 0 unspecified atom stereocenters. The van der Waals surface area contributed by atoms with Gasteiger partial charge in [-0.25, -0.2) is 0 Å². The zero-order valence-corrected chi connectivity index (χ0v) is 20.4. The number of aryl methyl sites for hydroxylation is 1. The molecular formula is C28H48O2. The van der Waals surface area contributed by atoms with Crippen molar-refractivity contribution in [3.8, 4) is 5.75 Å². The maximum atomic E-state index is 12.2. The van der Waals surface area contributed by atoms with Crippen molar-refractivity contribution in [2.75, 3.05) is 0 Å². The van der Waals surface area contributed by atoms with Gasteiger partial charge in [-0.2, -0.15) is 0 Å². The van der Waals surface area contributed by atoms with Gasteiger partial charge >= 0.3 is 5.97 Å². The van der Waals surface area contributed by atoms with Crippen LogP contribution in [-0.4, -0.2) is 5.97 Å². The lowest BCUT2D eigenvalue weighted by molar-refractivity contribution is -0.134. The highest BCUT2D eigenvalue weighted by atomic mass is 16.5. The Labute approximate surface area is 187 Å². The molecule has 0 spiro atoms. The van der Waals surface area contributed by atoms with Crippen LogP contribution in [0.3, 0.4) is 0 Å². The number of carbonyl (C=O) groups excluding carboxylic acids is 1. The van der Waals surface area contributed by atoms with E-state index >= 15 is 0 Å². The number of ether oxygens (including phenoxy) is 1. The molecule has 1 rings (SSSR count). The molecule has 0 aromatic heterocycles. The molecule has 0 aliphatic carbocycles. The van der Waals surface area contributed by atoms with E-state index in [4.69, 9.17) is 4.74 Å². The van der Waals surface area contributed by atoms with E-state index < -0.39 is 0 Å². The zero-order chi connectivity index (χ0) is 22.0. The lowest BCUT2D eigenvalue weighted by Gasteiger charge is -2.11. The zero-order valence-electron chi connectivity index (χ0n) is 20.4. The van der Waals surface area contributed by atoms with Crippen molar-refractivity contribution in [1.82, 2.24) is 0 Å². The Balaban J connectivity index is 1.96. The first-order valence-electron chi connectivity index (χ1n) is 12.9. The van der Waals surface area contributed by atoms with E-state index in [1.54, 1.807) is 0 Å². The van der Waals surface area contributed by atoms with Crippen LogP contribution in [0.15, 0.2) is 18.2 Å². The van der Waals surface area contributed by atoms with Gasteiger partial charge in [-0.05, 0) is 36.5 Å². The van der Waals surface area contributed by atoms with E-state index in [-0.39, 0.29) is 5.97 Å². The molecule has 30 heavy (non-hydrogen) atoms. The minimum Gasteiger partial charge on any atom is -0.426 e. The third-order valence-corrected chi connectivity index (χ3v) is 6.09. The normalized spacial score (nSPS) is 11.2. The minimum atomic E-state index is -0.0892. The summed E-state index contributed by atoms with van der Waals surface area (Å²) in [6.07, 6.45) is 20.6. The fourth-order valence-corrected chi connectivity index (χ4v) is 3.90. The first kappa shape index (κ1) is 26.7. The van der Waals surface area contributed by atoms with Crippen LogP contribution in [0.2, 0.25) is 0 Å². The summed E-state index contributed by atoms with van der Waals surface area (Å²) in [7, 11) is 0. The second kappa shape index (κ2) is 17.4. The van der Waals surface area contributed by atoms with Gasteiger partial charge < -0.3 is 4.74 Å². The molecular weight excluding hydrogens is 368 g/mol. The molecule has 0 aliphatic heterocycles. The smallest absolute Gasteiger partial charge is 0.311 e. The van der Waals surface area contributed by atoms with Gasteiger partial charge in [0.25, 0.3) is 0 Å². The molecule has 0 N–H and O–H groups in total. The average molecular weight is 417 g/mol. The summed E-state index contributed by atoms with van der Waals surface area (Å²) < 4.78 is 5.62. The third kappa shape index (κ3) is 13.1. The van der Waals surface area contributed by atoms with Gasteiger partial charge in [-0.3, -0.25) is 4.79 Å². The number of esters is 1. The van der Waals surface area contributed by atoms with Crippen molar-refractivity contribution < 1.29 is 9.53 Å². The van der Waals surface area contributed by atoms with E-state index in [9.17, 15) is 4.79 Å². The first-order valence-corrected chi connectivity index (χ1v) is 12.9. The number of carbonyl (C=O) groups is 1. The van der Waals surface area contributed by atoms with E-state index in [0.717, 1.165) is 24.2 Å². The quantitative estimate of drug-likeness (QED) is 0.135. The van der Waals surface area contributed by atoms with E-state index in [0.29, 0.717) is 12.3 Å². The van der Waals surface area contributed by atoms with Crippen LogP contribution in [0.1, 0.15) is 141 Å². The molecule has 0 aliphatic rings. The number of benzene rings is 1. The van der Waals surface area contributed by atoms with Gasteiger partial charge in [-0.1, -0.05) is 123 Å². The van der Waals surface area contributed by atoms with Gasteiger partial charge in [0.05, 0.1) is 0 Å². The van der Waals surface area contributed by atoms with Gasteiger partial charge in [0.2, 0.25) is 0 Å². The Hall–Kier alpha value is -1.31. The van der Waals surface area contributed by atoms with Crippen molar-refractivity contribution in [2.24, 2.45) is 0 Å². The Kier molecular flexibility index (Phi) is 15.5. The number of hydrogen-bond donors (Lipinski definition) is 0. The average Bonchev–Trinajstić information content (AvgIpc) is 2.72. The van der Waals surface area contributed by atoms with Crippen molar-refractivity contribution >= 4 is 5.97 Å². The topological polar surface area (TPSA) is 26.3 Å². The van der Waals surface area contributed by atoms with Gasteiger partial charge in [-0.15, -0.1) is 0 Å². The van der Waals surface area contributed by atoms with E-state index in [1.807, 2.05) is 19.1 Å². The molecule has 0 bridgehead atoms. The Morgan fingerprint density at radius 1 is 0.767 bits per heavy atom. The highest BCUT2D eigenvalue weighted by molar-refractivity contribution is 5.72. The van der Waals surface area contributed by atoms with Gasteiger partial charge in [0.1, 0.15) is 5.75 Å². The Morgan fingerprint density at radius 3 is 1.70 bits per heavy atom. The van der Waals surface area contributed by atoms with Crippen LogP contribution in [0.25, 0.3) is 0 Å². The summed E-state index contributed by atoms with van der Waals surface area (Å²) >= 11 is 0. The fourth-order valence-electron chi connectivity index (χ4n) is 3.90. The summed E-state index contributed by atoms with van der Waals surface area (Å²) in [6, 6.07) is 6.18. The molecule has 0 radical (unpaired) electrons. The monoisotopic (exact) mass is 416 g/mol. The predicted molar refractivity (Wildman–Crippen MR) is 130 cm³/mol. The Bertz CT molecular complexity index is 562. The van der Waals surface area contributed by atoms with Crippen molar-refractivity contribution in [3.63, 3.8) is 0 Å². The van der Waals surface area contributed by atoms with Crippen LogP contribution in [0, 0.1) is 6.92 Å². The molecule has 1 aromatic rings. The SMILES string of the molecule is CCCCCCCCCCCCCCCCCC(=O)Oc1cc(C(C)C)ccc1C. The second-order valence-corrected chi connectivity index (χ2v) is 9.35. The van der Waals surface area contributed by atoms with Crippen LogP contribution >= 0.6 is 0 Å². The fraction of sp³-hybridized carbons (Fsp3) is 0.750. The van der Waals surface area contributed by atoms with Crippen LogP contribution in [0.5, 0.6) is 5.75 Å². The summed E-state index contributed by atoms with van der Waals surface area (Å²) in [5, 5.41) is 0. The lowest BCUT2D eigenvalue weighted by Crippen LogP contribution is -2.09. The van der Waals surface area contributed by atoms with E-state index in [1.165, 1.54) is 89.0 Å². The first-order chi connectivity index (χ1) is 14.5. The largest absolute Gasteiger partial charge is 0.426 e. The number of unbranched alkanes of at least 4 members (excludes halogenated alkanes) is 14. The summed E-state index contributed by atoms with van der Waals surface area (Å²) in [5.74, 6) is 1.08. The summed E-state index contributed by atoms with van der Waals surface area (Å²) in [6.45, 7) is 8.60. The molecule has 2 nitrogen and oxygen atoms in total. The highest BCUT2D eigenvalue weighted by Gasteiger charge is 2.09. The molecule has 0 saturated heterocycles. The Morgan fingerprint density at radius 2 is 1.23 bits per heavy atom. The maximum Gasteiger partial charge on any atom is 0.311 e. The molecule has 0 atom stereocenters. The van der Waals surface area contributed by atoms with Gasteiger partial charge in [0, 0.05) is 6.42 Å². The molecule has 0 amide bonds. The maximum absolute atomic E-state index is 12.2. The second-order valence-electron chi connectivity index (χ2n) is 9.35. The van der Waals surface area contributed by atoms with Crippen LogP contribution < -0.4 is 4.74 Å². The summed E-state index contributed by atoms with van der Waals surface area (Å²) in [4.78, 5) is 12.2. The van der Waals surface area contributed by atoms with Crippen molar-refractivity contribution in [3.05, 3.63) is 29.3 Å². The van der Waals surface area contributed by atoms with Crippen LogP contribution in [0.4, 0.5) is 0 Å². The number of hydrogen-bond acceptors (Lipinski definition) is 2. The van der Waals surface area contributed by atoms with Gasteiger partial charge in [0.15, 0.2) is 0 Å².